The van der Waals surface area contributed by atoms with Gasteiger partial charge in [-0.05, 0) is 50.5 Å². The van der Waals surface area contributed by atoms with Gasteiger partial charge in [-0.1, -0.05) is 29.9 Å². The van der Waals surface area contributed by atoms with Crippen LogP contribution < -0.4 is 14.2 Å². The highest BCUT2D eigenvalue weighted by molar-refractivity contribution is 5.62. The molecule has 0 aliphatic heterocycles. The van der Waals surface area contributed by atoms with Crippen molar-refractivity contribution < 1.29 is 24.4 Å². The largest absolute Gasteiger partial charge is 0.493 e. The van der Waals surface area contributed by atoms with Gasteiger partial charge in [-0.15, -0.1) is 0 Å². The Morgan fingerprint density at radius 3 is 2.31 bits per heavy atom. The number of aliphatic hydroxyl groups excluding tert-OH is 2. The maximum atomic E-state index is 9.79. The van der Waals surface area contributed by atoms with E-state index in [1.807, 2.05) is 32.1 Å². The summed E-state index contributed by atoms with van der Waals surface area (Å²) in [6, 6.07) is 3.65. The minimum absolute atomic E-state index is 0.0347. The van der Waals surface area contributed by atoms with E-state index in [1.165, 1.54) is 0 Å². The van der Waals surface area contributed by atoms with Crippen LogP contribution in [0.2, 0.25) is 0 Å². The van der Waals surface area contributed by atoms with Crippen LogP contribution in [0.5, 0.6) is 17.2 Å². The Hall–Kier alpha value is -2.24. The van der Waals surface area contributed by atoms with Crippen LogP contribution in [0, 0.1) is 0 Å². The first-order valence-corrected chi connectivity index (χ1v) is 8.58. The van der Waals surface area contributed by atoms with Gasteiger partial charge in [0.05, 0.1) is 26.9 Å². The Kier molecular flexibility index (Phi) is 9.55. The summed E-state index contributed by atoms with van der Waals surface area (Å²) in [5.41, 5.74) is 2.75. The molecule has 0 aliphatic carbocycles. The molecule has 1 rings (SSSR count). The van der Waals surface area contributed by atoms with Crippen molar-refractivity contribution in [1.29, 1.82) is 0 Å². The molecule has 0 heterocycles. The Balaban J connectivity index is 2.80. The van der Waals surface area contributed by atoms with Crippen molar-refractivity contribution in [2.24, 2.45) is 0 Å². The molecular formula is C21H30O5. The predicted molar refractivity (Wildman–Crippen MR) is 105 cm³/mol. The van der Waals surface area contributed by atoms with Crippen LogP contribution >= 0.6 is 0 Å². The molecule has 2 N–H and O–H groups in total. The second-order valence-corrected chi connectivity index (χ2v) is 6.10. The minimum atomic E-state index is -0.473. The van der Waals surface area contributed by atoms with E-state index in [2.05, 4.69) is 6.58 Å². The van der Waals surface area contributed by atoms with Crippen molar-refractivity contribution in [1.82, 2.24) is 0 Å². The van der Waals surface area contributed by atoms with E-state index in [0.29, 0.717) is 30.3 Å². The Morgan fingerprint density at radius 1 is 1.19 bits per heavy atom. The molecular weight excluding hydrogens is 332 g/mol. The smallest absolute Gasteiger partial charge is 0.203 e. The third-order valence-electron chi connectivity index (χ3n) is 3.94. The van der Waals surface area contributed by atoms with E-state index < -0.39 is 6.10 Å². The Bertz CT molecular complexity index is 621. The standard InChI is InChI=1S/C21H30O5/c1-15(2)18(23)9-8-16(3)10-12-26-21-19(24-4)13-17(7-6-11-22)14-20(21)25-5/h6-7,10,13-14,18,22-23H,1,8-9,11-12H2,2-5H3. The third-order valence-corrected chi connectivity index (χ3v) is 3.94. The van der Waals surface area contributed by atoms with Gasteiger partial charge in [0.2, 0.25) is 5.75 Å². The highest BCUT2D eigenvalue weighted by atomic mass is 16.5. The molecule has 5 heteroatoms. The Labute approximate surface area is 156 Å². The van der Waals surface area contributed by atoms with Gasteiger partial charge in [-0.25, -0.2) is 0 Å². The minimum Gasteiger partial charge on any atom is -0.493 e. The molecule has 26 heavy (non-hydrogen) atoms. The number of aliphatic hydroxyl groups is 2. The SMILES string of the molecule is C=C(C)C(O)CCC(C)=CCOc1c(OC)cc(C=CCO)cc1OC. The monoisotopic (exact) mass is 362 g/mol. The van der Waals surface area contributed by atoms with Gasteiger partial charge in [0, 0.05) is 0 Å². The molecule has 0 saturated carbocycles. The lowest BCUT2D eigenvalue weighted by Crippen LogP contribution is -2.07. The van der Waals surface area contributed by atoms with Gasteiger partial charge in [-0.2, -0.15) is 0 Å². The third kappa shape index (κ3) is 6.94. The van der Waals surface area contributed by atoms with E-state index in [1.54, 1.807) is 26.4 Å². The molecule has 1 atom stereocenters. The van der Waals surface area contributed by atoms with Crippen LogP contribution in [0.25, 0.3) is 6.08 Å². The molecule has 0 amide bonds. The predicted octanol–water partition coefficient (Wildman–Crippen LogP) is 3.75. The second kappa shape index (κ2) is 11.4. The van der Waals surface area contributed by atoms with Crippen LogP contribution in [0.15, 0.2) is 42.0 Å². The average molecular weight is 362 g/mol. The highest BCUT2D eigenvalue weighted by Gasteiger charge is 2.13. The number of ether oxygens (including phenoxy) is 3. The molecule has 1 aromatic carbocycles. The lowest BCUT2D eigenvalue weighted by molar-refractivity contribution is 0.201. The number of hydrogen-bond donors (Lipinski definition) is 2. The summed E-state index contributed by atoms with van der Waals surface area (Å²) in [6.07, 6.45) is 6.35. The molecule has 0 fully saturated rings. The number of rotatable bonds is 11. The quantitative estimate of drug-likeness (QED) is 0.587. The fourth-order valence-corrected chi connectivity index (χ4v) is 2.31. The van der Waals surface area contributed by atoms with Crippen LogP contribution in [0.1, 0.15) is 32.3 Å². The first-order chi connectivity index (χ1) is 12.4. The summed E-state index contributed by atoms with van der Waals surface area (Å²) in [7, 11) is 3.14. The van der Waals surface area contributed by atoms with Crippen LogP contribution in [0.3, 0.4) is 0 Å². The summed E-state index contributed by atoms with van der Waals surface area (Å²) in [5.74, 6) is 1.65. The zero-order valence-corrected chi connectivity index (χ0v) is 16.1. The van der Waals surface area contributed by atoms with E-state index in [9.17, 15) is 5.11 Å². The first kappa shape index (κ1) is 21.8. The number of hydrogen-bond acceptors (Lipinski definition) is 5. The fraction of sp³-hybridized carbons (Fsp3) is 0.429. The molecule has 1 aromatic rings. The molecule has 0 radical (unpaired) electrons. The molecule has 0 spiro atoms. The van der Waals surface area contributed by atoms with Crippen molar-refractivity contribution in [3.05, 3.63) is 47.6 Å². The van der Waals surface area contributed by atoms with Gasteiger partial charge in [0.15, 0.2) is 11.5 Å². The molecule has 0 aliphatic rings. The summed E-state index contributed by atoms with van der Waals surface area (Å²) in [4.78, 5) is 0. The van der Waals surface area contributed by atoms with Crippen LogP contribution in [-0.4, -0.2) is 43.8 Å². The van der Waals surface area contributed by atoms with Gasteiger partial charge < -0.3 is 24.4 Å². The van der Waals surface area contributed by atoms with Crippen molar-refractivity contribution >= 4 is 6.08 Å². The molecule has 0 saturated heterocycles. The summed E-state index contributed by atoms with van der Waals surface area (Å²) < 4.78 is 16.7. The normalized spacial score (nSPS) is 12.9. The molecule has 0 bridgehead atoms. The number of methoxy groups -OCH3 is 2. The average Bonchev–Trinajstić information content (AvgIpc) is 2.64. The van der Waals surface area contributed by atoms with Gasteiger partial charge in [0.25, 0.3) is 0 Å². The maximum Gasteiger partial charge on any atom is 0.203 e. The first-order valence-electron chi connectivity index (χ1n) is 8.58. The molecule has 1 unspecified atom stereocenters. The Morgan fingerprint density at radius 2 is 1.81 bits per heavy atom. The molecule has 0 aromatic heterocycles. The van der Waals surface area contributed by atoms with Crippen LogP contribution in [0.4, 0.5) is 0 Å². The summed E-state index contributed by atoms with van der Waals surface area (Å²) in [5, 5.41) is 18.7. The van der Waals surface area contributed by atoms with Gasteiger partial charge in [-0.3, -0.25) is 0 Å². The number of allylic oxidation sites excluding steroid dienone is 1. The van der Waals surface area contributed by atoms with Crippen molar-refractivity contribution in [2.45, 2.75) is 32.8 Å². The van der Waals surface area contributed by atoms with E-state index in [4.69, 9.17) is 19.3 Å². The zero-order chi connectivity index (χ0) is 19.5. The molecule has 5 nitrogen and oxygen atoms in total. The van der Waals surface area contributed by atoms with E-state index in [-0.39, 0.29) is 6.61 Å². The second-order valence-electron chi connectivity index (χ2n) is 6.10. The van der Waals surface area contributed by atoms with Crippen molar-refractivity contribution in [3.63, 3.8) is 0 Å². The summed E-state index contributed by atoms with van der Waals surface area (Å²) >= 11 is 0. The lowest BCUT2D eigenvalue weighted by Gasteiger charge is -2.15. The van der Waals surface area contributed by atoms with Crippen molar-refractivity contribution in [2.75, 3.05) is 27.4 Å². The summed E-state index contributed by atoms with van der Waals surface area (Å²) in [6.45, 7) is 7.92. The lowest BCUT2D eigenvalue weighted by atomic mass is 10.0. The maximum absolute atomic E-state index is 9.79. The number of benzene rings is 1. The molecule has 144 valence electrons. The topological polar surface area (TPSA) is 68.2 Å². The fourth-order valence-electron chi connectivity index (χ4n) is 2.31. The zero-order valence-electron chi connectivity index (χ0n) is 16.1. The van der Waals surface area contributed by atoms with Crippen LogP contribution in [-0.2, 0) is 0 Å². The van der Waals surface area contributed by atoms with E-state index >= 15 is 0 Å². The highest BCUT2D eigenvalue weighted by Crippen LogP contribution is 2.39. The van der Waals surface area contributed by atoms with Gasteiger partial charge >= 0.3 is 0 Å². The van der Waals surface area contributed by atoms with E-state index in [0.717, 1.165) is 23.1 Å². The van der Waals surface area contributed by atoms with Crippen molar-refractivity contribution in [3.8, 4) is 17.2 Å². The van der Waals surface area contributed by atoms with Gasteiger partial charge in [0.1, 0.15) is 6.61 Å².